The fraction of sp³-hybridized carbons (Fsp3) is 0.368. The minimum Gasteiger partial charge on any atom is -0.454 e. The van der Waals surface area contributed by atoms with Gasteiger partial charge in [0, 0.05) is 13.6 Å². The molecule has 1 N–H and O–H groups in total. The third-order valence-corrected chi connectivity index (χ3v) is 6.87. The van der Waals surface area contributed by atoms with Gasteiger partial charge in [-0.1, -0.05) is 18.2 Å². The van der Waals surface area contributed by atoms with Crippen LogP contribution in [0.4, 0.5) is 0 Å². The van der Waals surface area contributed by atoms with E-state index in [0.717, 1.165) is 5.56 Å². The molecule has 2 aromatic rings. The molecule has 0 saturated carbocycles. The Morgan fingerprint density at radius 2 is 1.97 bits per heavy atom. The van der Waals surface area contributed by atoms with Crippen LogP contribution in [0.3, 0.4) is 0 Å². The number of amides is 1. The third-order valence-electron chi connectivity index (χ3n) is 4.01. The Bertz CT molecular complexity index is 886. The topological polar surface area (TPSA) is 92.8 Å². The van der Waals surface area contributed by atoms with Gasteiger partial charge in [-0.3, -0.25) is 9.59 Å². The summed E-state index contributed by atoms with van der Waals surface area (Å²) in [5.74, 6) is -0.571. The van der Waals surface area contributed by atoms with Crippen LogP contribution in [0.2, 0.25) is 0 Å². The average molecular weight is 457 g/mol. The van der Waals surface area contributed by atoms with Crippen molar-refractivity contribution in [2.24, 2.45) is 0 Å². The van der Waals surface area contributed by atoms with Crippen molar-refractivity contribution in [3.05, 3.63) is 52.7 Å². The van der Waals surface area contributed by atoms with Gasteiger partial charge in [-0.15, -0.1) is 0 Å². The molecule has 0 aliphatic heterocycles. The maximum absolute atomic E-state index is 12.5. The number of thiophene rings is 1. The van der Waals surface area contributed by atoms with Crippen LogP contribution in [0, 0.1) is 0 Å². The molecule has 1 amide bonds. The largest absolute Gasteiger partial charge is 0.454 e. The SMILES string of the molecule is CSCCC(NS(=O)(=O)c1ccccc1)C(=O)OCC(=O)N(C)Cc1ccsc1. The summed E-state index contributed by atoms with van der Waals surface area (Å²) in [7, 11) is -2.26. The normalized spacial score (nSPS) is 12.3. The maximum atomic E-state index is 12.5. The van der Waals surface area contributed by atoms with Crippen molar-refractivity contribution in [1.82, 2.24) is 9.62 Å². The summed E-state index contributed by atoms with van der Waals surface area (Å²) in [5, 5.41) is 3.86. The van der Waals surface area contributed by atoms with Gasteiger partial charge in [-0.2, -0.15) is 27.8 Å². The van der Waals surface area contributed by atoms with Crippen molar-refractivity contribution >= 4 is 45.0 Å². The molecule has 1 aromatic heterocycles. The second-order valence-electron chi connectivity index (χ2n) is 6.26. The van der Waals surface area contributed by atoms with E-state index in [-0.39, 0.29) is 17.2 Å². The molecular weight excluding hydrogens is 432 g/mol. The highest BCUT2D eigenvalue weighted by molar-refractivity contribution is 7.98. The molecule has 29 heavy (non-hydrogen) atoms. The molecule has 0 radical (unpaired) electrons. The highest BCUT2D eigenvalue weighted by atomic mass is 32.2. The van der Waals surface area contributed by atoms with Crippen molar-refractivity contribution in [2.75, 3.05) is 25.7 Å². The fourth-order valence-electron chi connectivity index (χ4n) is 2.40. The summed E-state index contributed by atoms with van der Waals surface area (Å²) in [5.41, 5.74) is 0.991. The quantitative estimate of drug-likeness (QED) is 0.522. The molecule has 10 heteroatoms. The Kier molecular flexibility index (Phi) is 9.15. The Morgan fingerprint density at radius 1 is 1.24 bits per heavy atom. The molecule has 1 unspecified atom stereocenters. The number of carbonyl (C=O) groups excluding carboxylic acids is 2. The van der Waals surface area contributed by atoms with Crippen molar-refractivity contribution in [2.45, 2.75) is 23.9 Å². The predicted octanol–water partition coefficient (Wildman–Crippen LogP) is 2.35. The summed E-state index contributed by atoms with van der Waals surface area (Å²) in [6.45, 7) is -0.0290. The number of likely N-dealkylation sites (N-methyl/N-ethyl adjacent to an activating group) is 1. The molecule has 0 saturated heterocycles. The Balaban J connectivity index is 1.96. The highest BCUT2D eigenvalue weighted by Gasteiger charge is 2.27. The zero-order valence-electron chi connectivity index (χ0n) is 16.2. The van der Waals surface area contributed by atoms with E-state index in [1.54, 1.807) is 25.2 Å². The number of hydrogen-bond donors (Lipinski definition) is 1. The lowest BCUT2D eigenvalue weighted by molar-refractivity contribution is -0.153. The number of hydrogen-bond acceptors (Lipinski definition) is 7. The van der Waals surface area contributed by atoms with E-state index in [1.165, 1.54) is 40.1 Å². The van der Waals surface area contributed by atoms with E-state index in [9.17, 15) is 18.0 Å². The van der Waals surface area contributed by atoms with Gasteiger partial charge in [0.25, 0.3) is 5.91 Å². The Labute approximate surface area is 179 Å². The van der Waals surface area contributed by atoms with Crippen molar-refractivity contribution < 1.29 is 22.7 Å². The second-order valence-corrected chi connectivity index (χ2v) is 9.74. The van der Waals surface area contributed by atoms with Gasteiger partial charge >= 0.3 is 5.97 Å². The predicted molar refractivity (Wildman–Crippen MR) is 115 cm³/mol. The number of sulfonamides is 1. The van der Waals surface area contributed by atoms with E-state index in [0.29, 0.717) is 12.3 Å². The number of esters is 1. The molecule has 2 rings (SSSR count). The standard InChI is InChI=1S/C19H24N2O5S3/c1-21(12-15-8-11-28-14-15)18(22)13-26-19(23)17(9-10-27-2)20-29(24,25)16-6-4-3-5-7-16/h3-8,11,14,17,20H,9-10,12-13H2,1-2H3. The number of nitrogens with zero attached hydrogens (tertiary/aromatic N) is 1. The van der Waals surface area contributed by atoms with E-state index in [1.807, 2.05) is 23.1 Å². The zero-order valence-corrected chi connectivity index (χ0v) is 18.7. The summed E-state index contributed by atoms with van der Waals surface area (Å²) < 4.78 is 32.6. The molecule has 0 fully saturated rings. The van der Waals surface area contributed by atoms with Gasteiger partial charge in [0.1, 0.15) is 6.04 Å². The van der Waals surface area contributed by atoms with Gasteiger partial charge in [0.05, 0.1) is 4.90 Å². The molecule has 0 spiro atoms. The Morgan fingerprint density at radius 3 is 2.59 bits per heavy atom. The van der Waals surface area contributed by atoms with Crippen LogP contribution in [-0.2, 0) is 30.9 Å². The first-order valence-electron chi connectivity index (χ1n) is 8.81. The molecule has 0 aliphatic carbocycles. The third kappa shape index (κ3) is 7.46. The van der Waals surface area contributed by atoms with Gasteiger partial charge in [-0.05, 0) is 53.0 Å². The molecule has 1 aromatic carbocycles. The number of nitrogens with one attached hydrogen (secondary N) is 1. The number of benzene rings is 1. The van der Waals surface area contributed by atoms with Crippen LogP contribution >= 0.6 is 23.1 Å². The summed E-state index contributed by atoms with van der Waals surface area (Å²) in [4.78, 5) is 26.2. The first-order chi connectivity index (χ1) is 13.8. The lowest BCUT2D eigenvalue weighted by atomic mass is 10.2. The smallest absolute Gasteiger partial charge is 0.324 e. The van der Waals surface area contributed by atoms with Crippen LogP contribution < -0.4 is 4.72 Å². The lowest BCUT2D eigenvalue weighted by Gasteiger charge is -2.19. The average Bonchev–Trinajstić information content (AvgIpc) is 3.22. The maximum Gasteiger partial charge on any atom is 0.324 e. The fourth-order valence-corrected chi connectivity index (χ4v) is 4.78. The number of ether oxygens (including phenoxy) is 1. The molecule has 1 heterocycles. The number of rotatable bonds is 11. The van der Waals surface area contributed by atoms with E-state index in [2.05, 4.69) is 4.72 Å². The van der Waals surface area contributed by atoms with Gasteiger partial charge < -0.3 is 9.64 Å². The van der Waals surface area contributed by atoms with Crippen LogP contribution in [-0.4, -0.2) is 56.9 Å². The number of carbonyl (C=O) groups is 2. The summed E-state index contributed by atoms with van der Waals surface area (Å²) in [6.07, 6.45) is 2.11. The lowest BCUT2D eigenvalue weighted by Crippen LogP contribution is -2.43. The van der Waals surface area contributed by atoms with Gasteiger partial charge in [0.2, 0.25) is 10.0 Å². The first-order valence-corrected chi connectivity index (χ1v) is 12.6. The molecule has 1 atom stereocenters. The number of thioether (sulfide) groups is 1. The van der Waals surface area contributed by atoms with E-state index in [4.69, 9.17) is 4.74 Å². The van der Waals surface area contributed by atoms with Crippen molar-refractivity contribution in [1.29, 1.82) is 0 Å². The van der Waals surface area contributed by atoms with Crippen LogP contribution in [0.5, 0.6) is 0 Å². The monoisotopic (exact) mass is 456 g/mol. The van der Waals surface area contributed by atoms with Crippen molar-refractivity contribution in [3.63, 3.8) is 0 Å². The van der Waals surface area contributed by atoms with E-state index < -0.39 is 28.6 Å². The summed E-state index contributed by atoms with van der Waals surface area (Å²) in [6, 6.07) is 8.65. The van der Waals surface area contributed by atoms with Gasteiger partial charge in [-0.25, -0.2) is 8.42 Å². The zero-order chi connectivity index (χ0) is 21.3. The van der Waals surface area contributed by atoms with E-state index >= 15 is 0 Å². The first kappa shape index (κ1) is 23.4. The molecule has 7 nitrogen and oxygen atoms in total. The van der Waals surface area contributed by atoms with Crippen LogP contribution in [0.15, 0.2) is 52.1 Å². The minimum absolute atomic E-state index is 0.0634. The molecule has 0 aliphatic rings. The molecule has 0 bridgehead atoms. The van der Waals surface area contributed by atoms with Gasteiger partial charge in [0.15, 0.2) is 6.61 Å². The Hall–Kier alpha value is -1.88. The second kappa shape index (κ2) is 11.3. The minimum atomic E-state index is -3.88. The molecular formula is C19H24N2O5S3. The summed E-state index contributed by atoms with van der Waals surface area (Å²) >= 11 is 3.02. The van der Waals surface area contributed by atoms with Crippen LogP contribution in [0.1, 0.15) is 12.0 Å². The van der Waals surface area contributed by atoms with Crippen LogP contribution in [0.25, 0.3) is 0 Å². The van der Waals surface area contributed by atoms with Crippen molar-refractivity contribution in [3.8, 4) is 0 Å². The highest BCUT2D eigenvalue weighted by Crippen LogP contribution is 2.12. The molecule has 158 valence electrons.